The van der Waals surface area contributed by atoms with Gasteiger partial charge in [0.1, 0.15) is 5.69 Å². The molecule has 8 heteroatoms. The predicted octanol–water partition coefficient (Wildman–Crippen LogP) is 3.75. The Morgan fingerprint density at radius 3 is 2.62 bits per heavy atom. The van der Waals surface area contributed by atoms with E-state index in [-0.39, 0.29) is 6.79 Å². The molecule has 3 heterocycles. The Morgan fingerprint density at radius 1 is 0.862 bits per heavy atom. The van der Waals surface area contributed by atoms with Crippen LogP contribution in [0.4, 0.5) is 0 Å². The van der Waals surface area contributed by atoms with Crippen LogP contribution in [0.15, 0.2) is 63.6 Å². The molecule has 29 heavy (non-hydrogen) atoms. The van der Waals surface area contributed by atoms with Gasteiger partial charge in [0.25, 0.3) is 0 Å². The van der Waals surface area contributed by atoms with Gasteiger partial charge >= 0.3 is 0 Å². The Bertz CT molecular complexity index is 1120. The van der Waals surface area contributed by atoms with Crippen molar-refractivity contribution in [2.24, 2.45) is 0 Å². The lowest BCUT2D eigenvalue weighted by Crippen LogP contribution is -2.17. The quantitative estimate of drug-likeness (QED) is 0.492. The molecule has 0 saturated carbocycles. The maximum atomic E-state index is 5.46. The monoisotopic (exact) mass is 390 g/mol. The summed E-state index contributed by atoms with van der Waals surface area (Å²) in [5, 5.41) is 8.21. The van der Waals surface area contributed by atoms with E-state index in [0.717, 1.165) is 28.3 Å². The van der Waals surface area contributed by atoms with Crippen LogP contribution in [0.2, 0.25) is 0 Å². The number of aromatic nitrogens is 3. The van der Waals surface area contributed by atoms with E-state index in [1.807, 2.05) is 66.5 Å². The number of fused-ring (bicyclic) bond motifs is 1. The van der Waals surface area contributed by atoms with Crippen molar-refractivity contribution in [1.82, 2.24) is 20.2 Å². The lowest BCUT2D eigenvalue weighted by atomic mass is 10.1. The van der Waals surface area contributed by atoms with Crippen LogP contribution in [-0.2, 0) is 13.1 Å². The smallest absolute Gasteiger partial charge is 0.241 e. The normalized spacial score (nSPS) is 12.6. The van der Waals surface area contributed by atoms with Crippen molar-refractivity contribution in [3.05, 3.63) is 66.2 Å². The largest absolute Gasteiger partial charge is 0.454 e. The third-order valence-corrected chi connectivity index (χ3v) is 4.56. The van der Waals surface area contributed by atoms with Crippen LogP contribution in [-0.4, -0.2) is 34.0 Å². The topological polar surface area (TPSA) is 86.7 Å². The molecule has 0 saturated heterocycles. The first-order chi connectivity index (χ1) is 14.2. The number of hydrogen-bond acceptors (Lipinski definition) is 8. The summed E-state index contributed by atoms with van der Waals surface area (Å²) in [4.78, 5) is 6.50. The number of nitrogens with zero attached hydrogens (tertiary/aromatic N) is 4. The van der Waals surface area contributed by atoms with E-state index in [4.69, 9.17) is 18.5 Å². The minimum Gasteiger partial charge on any atom is -0.454 e. The fraction of sp³-hybridized carbons (Fsp3) is 0.190. The Balaban J connectivity index is 1.24. The highest BCUT2D eigenvalue weighted by molar-refractivity contribution is 5.61. The number of ether oxygens (including phenoxy) is 2. The molecule has 0 unspecified atom stereocenters. The van der Waals surface area contributed by atoms with Crippen LogP contribution in [0.1, 0.15) is 11.7 Å². The molecule has 5 rings (SSSR count). The van der Waals surface area contributed by atoms with Crippen LogP contribution >= 0.6 is 0 Å². The Morgan fingerprint density at radius 2 is 1.72 bits per heavy atom. The molecule has 2 aromatic heterocycles. The maximum absolute atomic E-state index is 5.46. The maximum Gasteiger partial charge on any atom is 0.241 e. The minimum atomic E-state index is 0.231. The molecular weight excluding hydrogens is 372 g/mol. The van der Waals surface area contributed by atoms with Crippen molar-refractivity contribution in [3.63, 3.8) is 0 Å². The highest BCUT2D eigenvalue weighted by Gasteiger charge is 2.17. The molecule has 1 aliphatic rings. The SMILES string of the molecule is CN(Cc1cc(-c2ccccc2)no1)Cc1nc(-c2ccc3c(c2)OCO3)no1. The van der Waals surface area contributed by atoms with Crippen molar-refractivity contribution in [3.8, 4) is 34.1 Å². The van der Waals surface area contributed by atoms with Gasteiger partial charge in [0, 0.05) is 17.2 Å². The zero-order valence-corrected chi connectivity index (χ0v) is 15.7. The van der Waals surface area contributed by atoms with Gasteiger partial charge in [-0.1, -0.05) is 40.6 Å². The van der Waals surface area contributed by atoms with Crippen LogP contribution in [0.25, 0.3) is 22.6 Å². The number of benzene rings is 2. The van der Waals surface area contributed by atoms with Gasteiger partial charge < -0.3 is 18.5 Å². The standard InChI is InChI=1S/C21H18N4O4/c1-25(11-16-10-17(23-28-16)14-5-3-2-4-6-14)12-20-22-21(24-29-20)15-7-8-18-19(9-15)27-13-26-18/h2-10H,11-13H2,1H3. The molecule has 8 nitrogen and oxygen atoms in total. The summed E-state index contributed by atoms with van der Waals surface area (Å²) in [6.07, 6.45) is 0. The lowest BCUT2D eigenvalue weighted by molar-refractivity contribution is 0.174. The van der Waals surface area contributed by atoms with Crippen molar-refractivity contribution in [2.75, 3.05) is 13.8 Å². The molecule has 4 aromatic rings. The van der Waals surface area contributed by atoms with E-state index in [2.05, 4.69) is 15.3 Å². The molecule has 1 aliphatic heterocycles. The Kier molecular flexibility index (Phi) is 4.45. The van der Waals surface area contributed by atoms with E-state index in [1.165, 1.54) is 0 Å². The van der Waals surface area contributed by atoms with Gasteiger partial charge in [-0.25, -0.2) is 0 Å². The molecule has 2 aromatic carbocycles. The van der Waals surface area contributed by atoms with E-state index >= 15 is 0 Å². The van der Waals surface area contributed by atoms with Crippen molar-refractivity contribution < 1.29 is 18.5 Å². The molecule has 0 aliphatic carbocycles. The zero-order chi connectivity index (χ0) is 19.6. The van der Waals surface area contributed by atoms with E-state index in [1.54, 1.807) is 0 Å². The summed E-state index contributed by atoms with van der Waals surface area (Å²) in [7, 11) is 1.95. The second-order valence-corrected chi connectivity index (χ2v) is 6.80. The summed E-state index contributed by atoms with van der Waals surface area (Å²) in [5.74, 6) is 3.20. The first-order valence-electron chi connectivity index (χ1n) is 9.17. The second kappa shape index (κ2) is 7.40. The van der Waals surface area contributed by atoms with Gasteiger partial charge in [-0.3, -0.25) is 4.90 Å². The van der Waals surface area contributed by atoms with Gasteiger partial charge in [0.05, 0.1) is 13.1 Å². The molecule has 0 radical (unpaired) electrons. The average molecular weight is 390 g/mol. The Labute approximate surface area is 166 Å². The highest BCUT2D eigenvalue weighted by Crippen LogP contribution is 2.35. The van der Waals surface area contributed by atoms with Crippen LogP contribution < -0.4 is 9.47 Å². The summed E-state index contributed by atoms with van der Waals surface area (Å²) >= 11 is 0. The first-order valence-corrected chi connectivity index (χ1v) is 9.17. The predicted molar refractivity (Wildman–Crippen MR) is 103 cm³/mol. The third-order valence-electron chi connectivity index (χ3n) is 4.56. The van der Waals surface area contributed by atoms with Crippen LogP contribution in [0.3, 0.4) is 0 Å². The van der Waals surface area contributed by atoms with Gasteiger partial charge in [0.15, 0.2) is 17.3 Å². The van der Waals surface area contributed by atoms with Gasteiger partial charge in [0.2, 0.25) is 18.5 Å². The summed E-state index contributed by atoms with van der Waals surface area (Å²) < 4.78 is 21.6. The van der Waals surface area contributed by atoms with E-state index in [0.29, 0.717) is 30.6 Å². The zero-order valence-electron chi connectivity index (χ0n) is 15.7. The minimum absolute atomic E-state index is 0.231. The van der Waals surface area contributed by atoms with Gasteiger partial charge in [-0.2, -0.15) is 4.98 Å². The Hall–Kier alpha value is -3.65. The average Bonchev–Trinajstić information content (AvgIpc) is 3.49. The number of rotatable bonds is 6. The van der Waals surface area contributed by atoms with E-state index in [9.17, 15) is 0 Å². The van der Waals surface area contributed by atoms with Crippen molar-refractivity contribution in [1.29, 1.82) is 0 Å². The fourth-order valence-corrected chi connectivity index (χ4v) is 3.16. The molecule has 0 amide bonds. The highest BCUT2D eigenvalue weighted by atomic mass is 16.7. The molecule has 0 spiro atoms. The lowest BCUT2D eigenvalue weighted by Gasteiger charge is -2.10. The summed E-state index contributed by atoms with van der Waals surface area (Å²) in [6, 6.07) is 17.4. The van der Waals surface area contributed by atoms with Crippen molar-refractivity contribution in [2.45, 2.75) is 13.1 Å². The third kappa shape index (κ3) is 3.70. The summed E-state index contributed by atoms with van der Waals surface area (Å²) in [5.41, 5.74) is 2.65. The van der Waals surface area contributed by atoms with Crippen molar-refractivity contribution >= 4 is 0 Å². The number of hydrogen-bond donors (Lipinski definition) is 0. The van der Waals surface area contributed by atoms with Crippen LogP contribution in [0.5, 0.6) is 11.5 Å². The molecule has 0 fully saturated rings. The van der Waals surface area contributed by atoms with Gasteiger partial charge in [-0.15, -0.1) is 0 Å². The van der Waals surface area contributed by atoms with Gasteiger partial charge in [-0.05, 0) is 25.2 Å². The molecular formula is C21H18N4O4. The van der Waals surface area contributed by atoms with Crippen LogP contribution in [0, 0.1) is 0 Å². The summed E-state index contributed by atoms with van der Waals surface area (Å²) in [6.45, 7) is 1.29. The van der Waals surface area contributed by atoms with E-state index < -0.39 is 0 Å². The molecule has 0 N–H and O–H groups in total. The molecule has 146 valence electrons. The fourth-order valence-electron chi connectivity index (χ4n) is 3.16. The first kappa shape index (κ1) is 17.4. The molecule has 0 bridgehead atoms. The second-order valence-electron chi connectivity index (χ2n) is 6.80. The molecule has 0 atom stereocenters.